The third-order valence-electron chi connectivity index (χ3n) is 4.09. The fourth-order valence-corrected chi connectivity index (χ4v) is 2.47. The third-order valence-corrected chi connectivity index (χ3v) is 4.09. The maximum absolute atomic E-state index is 12.7. The van der Waals surface area contributed by atoms with Gasteiger partial charge in [-0.05, 0) is 49.6 Å². The zero-order valence-corrected chi connectivity index (χ0v) is 16.2. The number of nitrogens with one attached hydrogen (secondary N) is 3. The largest absolute Gasteiger partial charge is 0.373 e. The summed E-state index contributed by atoms with van der Waals surface area (Å²) in [6, 6.07) is 7.14. The number of anilines is 3. The molecule has 146 valence electrons. The fraction of sp³-hybridized carbons (Fsp3) is 0.474. The van der Waals surface area contributed by atoms with Crippen LogP contribution in [0.4, 0.5) is 17.5 Å². The van der Waals surface area contributed by atoms with Crippen LogP contribution in [-0.2, 0) is 0 Å². The van der Waals surface area contributed by atoms with Gasteiger partial charge in [-0.1, -0.05) is 20.3 Å². The van der Waals surface area contributed by atoms with Crippen molar-refractivity contribution >= 4 is 23.4 Å². The molecular formula is C19H29N7O. The summed E-state index contributed by atoms with van der Waals surface area (Å²) in [5.74, 6) is 1.66. The monoisotopic (exact) mass is 371 g/mol. The van der Waals surface area contributed by atoms with Gasteiger partial charge in [0.1, 0.15) is 11.6 Å². The van der Waals surface area contributed by atoms with Gasteiger partial charge in [0, 0.05) is 13.6 Å². The molecule has 0 fully saturated rings. The van der Waals surface area contributed by atoms with Crippen molar-refractivity contribution in [2.24, 2.45) is 5.73 Å². The summed E-state index contributed by atoms with van der Waals surface area (Å²) >= 11 is 0. The first kappa shape index (κ1) is 20.6. The Kier molecular flexibility index (Phi) is 7.94. The van der Waals surface area contributed by atoms with E-state index in [1.54, 1.807) is 25.2 Å². The first-order valence-corrected chi connectivity index (χ1v) is 9.33. The van der Waals surface area contributed by atoms with Crippen LogP contribution in [0.25, 0.3) is 0 Å². The number of unbranched alkanes of at least 4 members (excludes halogenated alkanes) is 2. The lowest BCUT2D eigenvalue weighted by atomic mass is 10.1. The molecule has 2 aromatic rings. The molecule has 27 heavy (non-hydrogen) atoms. The Morgan fingerprint density at radius 1 is 1.07 bits per heavy atom. The van der Waals surface area contributed by atoms with Gasteiger partial charge in [0.05, 0.1) is 11.3 Å². The van der Waals surface area contributed by atoms with Gasteiger partial charge in [0.15, 0.2) is 5.82 Å². The maximum atomic E-state index is 12.7. The molecule has 0 spiro atoms. The van der Waals surface area contributed by atoms with Crippen LogP contribution in [0.2, 0.25) is 0 Å². The maximum Gasteiger partial charge on any atom is 0.260 e. The highest BCUT2D eigenvalue weighted by atomic mass is 16.1. The van der Waals surface area contributed by atoms with E-state index in [2.05, 4.69) is 31.1 Å². The van der Waals surface area contributed by atoms with Gasteiger partial charge in [0.2, 0.25) is 0 Å². The predicted molar refractivity (Wildman–Crippen MR) is 109 cm³/mol. The number of pyridine rings is 1. The molecule has 0 radical (unpaired) electrons. The summed E-state index contributed by atoms with van der Waals surface area (Å²) in [5, 5.41) is 17.2. The summed E-state index contributed by atoms with van der Waals surface area (Å²) in [7, 11) is 1.79. The highest BCUT2D eigenvalue weighted by Crippen LogP contribution is 2.18. The molecule has 0 aliphatic carbocycles. The minimum absolute atomic E-state index is 0.277. The van der Waals surface area contributed by atoms with Crippen molar-refractivity contribution in [3.05, 3.63) is 35.5 Å². The number of rotatable bonds is 10. The minimum Gasteiger partial charge on any atom is -0.373 e. The van der Waals surface area contributed by atoms with E-state index in [4.69, 9.17) is 5.73 Å². The molecule has 0 saturated carbocycles. The number of nitrogens with two attached hydrogens (primary N) is 1. The second-order valence-corrected chi connectivity index (χ2v) is 6.57. The molecule has 0 bridgehead atoms. The molecule has 0 aliphatic rings. The van der Waals surface area contributed by atoms with Crippen LogP contribution in [0.3, 0.4) is 0 Å². The molecule has 1 amide bonds. The molecule has 2 rings (SSSR count). The van der Waals surface area contributed by atoms with Gasteiger partial charge >= 0.3 is 0 Å². The Hall–Kier alpha value is -2.74. The Morgan fingerprint density at radius 3 is 2.48 bits per heavy atom. The van der Waals surface area contributed by atoms with E-state index in [0.717, 1.165) is 31.5 Å². The number of carbonyl (C=O) groups is 1. The van der Waals surface area contributed by atoms with E-state index in [0.29, 0.717) is 29.6 Å². The number of hydrogen-bond acceptors (Lipinski definition) is 7. The quantitative estimate of drug-likeness (QED) is 0.474. The predicted octanol–water partition coefficient (Wildman–Crippen LogP) is 2.83. The lowest BCUT2D eigenvalue weighted by Crippen LogP contribution is -2.18. The van der Waals surface area contributed by atoms with Crippen LogP contribution < -0.4 is 21.7 Å². The molecule has 0 unspecified atom stereocenters. The molecule has 2 aromatic heterocycles. The molecule has 0 saturated heterocycles. The van der Waals surface area contributed by atoms with Crippen molar-refractivity contribution < 1.29 is 4.79 Å². The Balaban J connectivity index is 2.08. The van der Waals surface area contributed by atoms with Gasteiger partial charge in [-0.15, -0.1) is 5.10 Å². The van der Waals surface area contributed by atoms with Crippen LogP contribution in [0.15, 0.2) is 24.3 Å². The van der Waals surface area contributed by atoms with E-state index >= 15 is 0 Å². The summed E-state index contributed by atoms with van der Waals surface area (Å²) in [6.45, 7) is 5.51. The molecule has 0 aromatic carbocycles. The minimum atomic E-state index is -0.277. The molecule has 0 atom stereocenters. The first-order chi connectivity index (χ1) is 13.0. The number of amides is 1. The van der Waals surface area contributed by atoms with Crippen molar-refractivity contribution in [2.45, 2.75) is 39.0 Å². The second kappa shape index (κ2) is 10.4. The van der Waals surface area contributed by atoms with Crippen molar-refractivity contribution in [3.63, 3.8) is 0 Å². The molecule has 8 heteroatoms. The molecule has 8 nitrogen and oxygen atoms in total. The summed E-state index contributed by atoms with van der Waals surface area (Å²) in [5.41, 5.74) is 6.86. The number of carbonyl (C=O) groups excluding carboxylic acids is 1. The number of hydrogen-bond donors (Lipinski definition) is 4. The van der Waals surface area contributed by atoms with E-state index in [1.165, 1.54) is 0 Å². The average molecular weight is 371 g/mol. The smallest absolute Gasteiger partial charge is 0.260 e. The van der Waals surface area contributed by atoms with Crippen LogP contribution >= 0.6 is 0 Å². The highest BCUT2D eigenvalue weighted by molar-refractivity contribution is 6.07. The van der Waals surface area contributed by atoms with E-state index in [1.807, 2.05) is 19.9 Å². The molecular weight excluding hydrogens is 342 g/mol. The summed E-state index contributed by atoms with van der Waals surface area (Å²) < 4.78 is 0. The van der Waals surface area contributed by atoms with Gasteiger partial charge in [-0.3, -0.25) is 4.79 Å². The Bertz CT molecular complexity index is 731. The number of aromatic nitrogens is 3. The average Bonchev–Trinajstić information content (AvgIpc) is 2.68. The van der Waals surface area contributed by atoms with E-state index in [-0.39, 0.29) is 11.8 Å². The van der Waals surface area contributed by atoms with Crippen LogP contribution in [0, 0.1) is 0 Å². The lowest BCUT2D eigenvalue weighted by molar-refractivity contribution is 0.102. The Labute approximate surface area is 160 Å². The van der Waals surface area contributed by atoms with Crippen molar-refractivity contribution in [1.29, 1.82) is 0 Å². The van der Waals surface area contributed by atoms with E-state index in [9.17, 15) is 4.79 Å². The van der Waals surface area contributed by atoms with Crippen LogP contribution in [0.1, 0.15) is 55.1 Å². The number of nitrogens with zero attached hydrogens (tertiary/aromatic N) is 3. The topological polar surface area (TPSA) is 118 Å². The zero-order chi connectivity index (χ0) is 19.6. The SMILES string of the molecule is CNc1ccc(C(=O)Nc2ccc(C(C)C)nn2)c(NCCCCCN)n1. The second-order valence-electron chi connectivity index (χ2n) is 6.57. The fourth-order valence-electron chi connectivity index (χ4n) is 2.47. The van der Waals surface area contributed by atoms with Gasteiger partial charge in [-0.25, -0.2) is 4.98 Å². The van der Waals surface area contributed by atoms with Crippen LogP contribution in [-0.4, -0.2) is 41.2 Å². The Morgan fingerprint density at radius 2 is 1.85 bits per heavy atom. The molecule has 5 N–H and O–H groups in total. The third kappa shape index (κ3) is 6.18. The zero-order valence-electron chi connectivity index (χ0n) is 16.2. The van der Waals surface area contributed by atoms with Gasteiger partial charge in [0.25, 0.3) is 5.91 Å². The van der Waals surface area contributed by atoms with E-state index < -0.39 is 0 Å². The van der Waals surface area contributed by atoms with Gasteiger partial charge in [-0.2, -0.15) is 5.10 Å². The van der Waals surface area contributed by atoms with Crippen molar-refractivity contribution in [2.75, 3.05) is 36.1 Å². The first-order valence-electron chi connectivity index (χ1n) is 9.33. The standard InChI is InChI=1S/C19H29N7O/c1-13(2)15-8-10-17(26-25-15)24-19(27)14-7-9-16(21-3)23-18(14)22-12-6-4-5-11-20/h7-10,13H,4-6,11-12,20H2,1-3H3,(H2,21,22,23)(H,24,26,27). The normalized spacial score (nSPS) is 10.7. The van der Waals surface area contributed by atoms with Gasteiger partial charge < -0.3 is 21.7 Å². The molecule has 0 aliphatic heterocycles. The van der Waals surface area contributed by atoms with Crippen molar-refractivity contribution in [3.8, 4) is 0 Å². The summed E-state index contributed by atoms with van der Waals surface area (Å²) in [4.78, 5) is 17.2. The van der Waals surface area contributed by atoms with Crippen LogP contribution in [0.5, 0.6) is 0 Å². The molecule has 2 heterocycles. The summed E-state index contributed by atoms with van der Waals surface area (Å²) in [6.07, 6.45) is 2.99. The van der Waals surface area contributed by atoms with Crippen molar-refractivity contribution in [1.82, 2.24) is 15.2 Å². The lowest BCUT2D eigenvalue weighted by Gasteiger charge is -2.13. The highest BCUT2D eigenvalue weighted by Gasteiger charge is 2.15.